The van der Waals surface area contributed by atoms with Crippen LogP contribution in [0.3, 0.4) is 0 Å². The van der Waals surface area contributed by atoms with Crippen LogP contribution in [0.2, 0.25) is 0 Å². The van der Waals surface area contributed by atoms with Gasteiger partial charge in [-0.25, -0.2) is 0 Å². The number of aliphatic hydroxyl groups excluding tert-OH is 4. The van der Waals surface area contributed by atoms with Gasteiger partial charge in [-0.3, -0.25) is 4.79 Å². The van der Waals surface area contributed by atoms with Crippen LogP contribution >= 0.6 is 0 Å². The third-order valence-corrected chi connectivity index (χ3v) is 5.77. The van der Waals surface area contributed by atoms with E-state index in [2.05, 4.69) is 0 Å². The summed E-state index contributed by atoms with van der Waals surface area (Å²) in [5.74, 6) is 0.861. The van der Waals surface area contributed by atoms with Crippen molar-refractivity contribution < 1.29 is 48.5 Å². The largest absolute Gasteiger partial charge is 0.496 e. The van der Waals surface area contributed by atoms with Crippen molar-refractivity contribution in [1.29, 1.82) is 0 Å². The van der Waals surface area contributed by atoms with E-state index in [9.17, 15) is 25.2 Å². The van der Waals surface area contributed by atoms with Gasteiger partial charge in [-0.05, 0) is 12.1 Å². The Morgan fingerprint density at radius 1 is 0.886 bits per heavy atom. The molecule has 188 valence electrons. The molecule has 0 saturated carbocycles. The molecule has 1 fully saturated rings. The first kappa shape index (κ1) is 24.8. The zero-order chi connectivity index (χ0) is 25.3. The van der Waals surface area contributed by atoms with Crippen LogP contribution < -0.4 is 24.4 Å². The maximum atomic E-state index is 13.3. The van der Waals surface area contributed by atoms with Crippen molar-refractivity contribution >= 4 is 11.0 Å². The Morgan fingerprint density at radius 2 is 1.60 bits per heavy atom. The Hall–Kier alpha value is -3.35. The molecule has 1 aliphatic rings. The molecule has 3 aromatic rings. The number of ether oxygens (including phenoxy) is 5. The predicted octanol–water partition coefficient (Wildman–Crippen LogP) is 0.664. The summed E-state index contributed by atoms with van der Waals surface area (Å²) >= 11 is 0. The number of benzene rings is 2. The Kier molecular flexibility index (Phi) is 7.15. The molecule has 2 aromatic carbocycles. The van der Waals surface area contributed by atoms with Gasteiger partial charge in [0.2, 0.25) is 12.0 Å². The van der Waals surface area contributed by atoms with Gasteiger partial charge in [-0.1, -0.05) is 12.1 Å². The summed E-state index contributed by atoms with van der Waals surface area (Å²) in [6.07, 6.45) is -7.63. The third-order valence-electron chi connectivity index (χ3n) is 5.77. The zero-order valence-electron chi connectivity index (χ0n) is 19.2. The molecule has 0 aliphatic carbocycles. The molecule has 4 rings (SSSR count). The van der Waals surface area contributed by atoms with Gasteiger partial charge in [0.25, 0.3) is 0 Å². The van der Waals surface area contributed by atoms with Crippen LogP contribution in [0.25, 0.3) is 22.3 Å². The van der Waals surface area contributed by atoms with E-state index in [1.807, 2.05) is 0 Å². The van der Waals surface area contributed by atoms with E-state index in [4.69, 9.17) is 28.1 Å². The van der Waals surface area contributed by atoms with Crippen LogP contribution in [0, 0.1) is 0 Å². The number of fused-ring (bicyclic) bond motifs is 1. The quantitative estimate of drug-likeness (QED) is 0.369. The molecule has 35 heavy (non-hydrogen) atoms. The van der Waals surface area contributed by atoms with Gasteiger partial charge in [0.15, 0.2) is 16.8 Å². The monoisotopic (exact) mass is 490 g/mol. The SMILES string of the molecule is COc1ccccc1-c1cc(=O)c2c(O[C@H]3O[C@H](CO)[C@H](O)[C@@H](O)[C@H]3O)cc(OC)c(OC)c2o1. The van der Waals surface area contributed by atoms with Gasteiger partial charge in [0.1, 0.15) is 47.1 Å². The molecule has 4 N–H and O–H groups in total. The minimum absolute atomic E-state index is 0.000142. The van der Waals surface area contributed by atoms with E-state index in [1.165, 1.54) is 33.5 Å². The van der Waals surface area contributed by atoms with Crippen molar-refractivity contribution in [2.24, 2.45) is 0 Å². The average molecular weight is 490 g/mol. The number of rotatable bonds is 7. The van der Waals surface area contributed by atoms with E-state index < -0.39 is 42.7 Å². The lowest BCUT2D eigenvalue weighted by Gasteiger charge is -2.39. The second kappa shape index (κ2) is 10.1. The molecule has 2 heterocycles. The van der Waals surface area contributed by atoms with Crippen LogP contribution in [0.15, 0.2) is 45.6 Å². The minimum atomic E-state index is -1.68. The van der Waals surface area contributed by atoms with E-state index in [0.717, 1.165) is 0 Å². The normalized spacial score (nSPS) is 24.3. The summed E-state index contributed by atoms with van der Waals surface area (Å²) in [6, 6.07) is 9.58. The lowest BCUT2D eigenvalue weighted by atomic mass is 9.99. The number of para-hydroxylation sites is 1. The van der Waals surface area contributed by atoms with Crippen molar-refractivity contribution in [2.45, 2.75) is 30.7 Å². The van der Waals surface area contributed by atoms with Crippen LogP contribution in [0.5, 0.6) is 23.0 Å². The number of methoxy groups -OCH3 is 3. The van der Waals surface area contributed by atoms with E-state index in [-0.39, 0.29) is 34.0 Å². The highest BCUT2D eigenvalue weighted by atomic mass is 16.7. The Balaban J connectivity index is 1.88. The number of hydrogen-bond acceptors (Lipinski definition) is 11. The number of hydrogen-bond donors (Lipinski definition) is 4. The molecule has 5 atom stereocenters. The second-order valence-corrected chi connectivity index (χ2v) is 7.80. The summed E-state index contributed by atoms with van der Waals surface area (Å²) in [5, 5.41) is 39.9. The summed E-state index contributed by atoms with van der Waals surface area (Å²) in [4.78, 5) is 13.3. The van der Waals surface area contributed by atoms with Gasteiger partial charge >= 0.3 is 0 Å². The molecule has 0 radical (unpaired) electrons. The summed E-state index contributed by atoms with van der Waals surface area (Å²) in [5.41, 5.74) is 0.0165. The van der Waals surface area contributed by atoms with Gasteiger partial charge in [0, 0.05) is 12.1 Å². The molecular weight excluding hydrogens is 464 g/mol. The molecule has 1 saturated heterocycles. The highest BCUT2D eigenvalue weighted by molar-refractivity contribution is 5.92. The van der Waals surface area contributed by atoms with Gasteiger partial charge in [-0.2, -0.15) is 0 Å². The Labute approximate surface area is 199 Å². The van der Waals surface area contributed by atoms with Gasteiger partial charge in [0.05, 0.1) is 33.5 Å². The van der Waals surface area contributed by atoms with E-state index in [0.29, 0.717) is 11.3 Å². The fourth-order valence-electron chi connectivity index (χ4n) is 3.96. The minimum Gasteiger partial charge on any atom is -0.496 e. The molecule has 0 bridgehead atoms. The van der Waals surface area contributed by atoms with E-state index >= 15 is 0 Å². The molecule has 11 nitrogen and oxygen atoms in total. The first-order valence-electron chi connectivity index (χ1n) is 10.7. The van der Waals surface area contributed by atoms with Crippen LogP contribution in [0.4, 0.5) is 0 Å². The van der Waals surface area contributed by atoms with E-state index in [1.54, 1.807) is 24.3 Å². The lowest BCUT2D eigenvalue weighted by molar-refractivity contribution is -0.277. The standard InChI is InChI=1S/C24H26O11/c1-30-13-7-5-4-6-11(13)14-8-12(26)18-15(9-16(31-2)22(32-3)23(18)33-14)34-24-21(29)20(28)19(27)17(10-25)35-24/h4-9,17,19-21,24-25,27-29H,10H2,1-3H3/t17-,19+,20-,21-,24+/m1/s1. The first-order valence-corrected chi connectivity index (χ1v) is 10.7. The predicted molar refractivity (Wildman–Crippen MR) is 122 cm³/mol. The van der Waals surface area contributed by atoms with Crippen molar-refractivity contribution in [3.05, 3.63) is 46.6 Å². The maximum Gasteiger partial charge on any atom is 0.229 e. The van der Waals surface area contributed by atoms with Crippen LogP contribution in [-0.4, -0.2) is 79.1 Å². The van der Waals surface area contributed by atoms with Gasteiger partial charge in [-0.15, -0.1) is 0 Å². The van der Waals surface area contributed by atoms with Gasteiger partial charge < -0.3 is 48.5 Å². The summed E-state index contributed by atoms with van der Waals surface area (Å²) < 4.78 is 33.5. The Morgan fingerprint density at radius 3 is 2.26 bits per heavy atom. The topological polar surface area (TPSA) is 157 Å². The zero-order valence-corrected chi connectivity index (χ0v) is 19.2. The maximum absolute atomic E-state index is 13.3. The average Bonchev–Trinajstić information content (AvgIpc) is 2.88. The van der Waals surface area contributed by atoms with Crippen LogP contribution in [0.1, 0.15) is 0 Å². The molecule has 11 heteroatoms. The second-order valence-electron chi connectivity index (χ2n) is 7.80. The van der Waals surface area contributed by atoms with Crippen molar-refractivity contribution in [3.8, 4) is 34.3 Å². The molecular formula is C24H26O11. The first-order chi connectivity index (χ1) is 16.8. The molecule has 0 unspecified atom stereocenters. The fraction of sp³-hybridized carbons (Fsp3) is 0.375. The highest BCUT2D eigenvalue weighted by Gasteiger charge is 2.45. The summed E-state index contributed by atoms with van der Waals surface area (Å²) in [6.45, 7) is -0.637. The molecule has 0 amide bonds. The lowest BCUT2D eigenvalue weighted by Crippen LogP contribution is -2.60. The van der Waals surface area contributed by atoms with Crippen LogP contribution in [-0.2, 0) is 4.74 Å². The highest BCUT2D eigenvalue weighted by Crippen LogP contribution is 2.43. The molecule has 0 spiro atoms. The Bertz CT molecular complexity index is 1250. The summed E-state index contributed by atoms with van der Waals surface area (Å²) in [7, 11) is 4.25. The fourth-order valence-corrected chi connectivity index (χ4v) is 3.96. The smallest absolute Gasteiger partial charge is 0.229 e. The third kappa shape index (κ3) is 4.40. The van der Waals surface area contributed by atoms with Crippen molar-refractivity contribution in [3.63, 3.8) is 0 Å². The molecule has 1 aromatic heterocycles. The molecule has 1 aliphatic heterocycles. The number of aliphatic hydroxyl groups is 4. The van der Waals surface area contributed by atoms with Crippen molar-refractivity contribution in [1.82, 2.24) is 0 Å². The van der Waals surface area contributed by atoms with Crippen molar-refractivity contribution in [2.75, 3.05) is 27.9 Å².